The van der Waals surface area contributed by atoms with Crippen molar-refractivity contribution in [2.75, 3.05) is 13.2 Å². The van der Waals surface area contributed by atoms with Crippen LogP contribution in [0.5, 0.6) is 0 Å². The molecule has 1 atom stereocenters. The molecule has 142 valence electrons. The number of halogens is 1. The third-order valence-corrected chi connectivity index (χ3v) is 5.42. The molecule has 0 aliphatic heterocycles. The minimum atomic E-state index is -1.69. The fourth-order valence-corrected chi connectivity index (χ4v) is 3.11. The Morgan fingerprint density at radius 3 is 2.50 bits per heavy atom. The molecular weight excluding hydrogens is 464 g/mol. The Kier molecular flexibility index (Phi) is 10.5. The fourth-order valence-electron chi connectivity index (χ4n) is 2.45. The molecule has 0 saturated carbocycles. The molecule has 2 N–H and O–H groups in total. The summed E-state index contributed by atoms with van der Waals surface area (Å²) in [7, 11) is -1.69. The van der Waals surface area contributed by atoms with Crippen LogP contribution < -0.4 is 5.32 Å². The van der Waals surface area contributed by atoms with Crippen LogP contribution in [0.4, 0.5) is 0 Å². The predicted molar refractivity (Wildman–Crippen MR) is 113 cm³/mol. The molecule has 0 aliphatic rings. The van der Waals surface area contributed by atoms with Gasteiger partial charge < -0.3 is 14.7 Å². The van der Waals surface area contributed by atoms with Crippen LogP contribution in [-0.4, -0.2) is 28.2 Å². The highest BCUT2D eigenvalue weighted by molar-refractivity contribution is 14.1. The third kappa shape index (κ3) is 8.33. The Bertz CT molecular complexity index is 629. The Balaban J connectivity index is 1.57. The lowest BCUT2D eigenvalue weighted by Gasteiger charge is -2.07. The van der Waals surface area contributed by atoms with Crippen molar-refractivity contribution >= 4 is 31.6 Å². The van der Waals surface area contributed by atoms with Crippen molar-refractivity contribution in [1.82, 2.24) is 15.5 Å². The minimum Gasteiger partial charge on any atom is -0.328 e. The lowest BCUT2D eigenvalue weighted by atomic mass is 10.1. The number of rotatable bonds is 12. The van der Waals surface area contributed by atoms with Gasteiger partial charge in [0.2, 0.25) is 0 Å². The molecule has 0 amide bonds. The van der Waals surface area contributed by atoms with Crippen molar-refractivity contribution in [3.05, 3.63) is 47.7 Å². The first-order valence-corrected chi connectivity index (χ1v) is 10.7. The number of nitrogens with one attached hydrogen (secondary N) is 1. The van der Waals surface area contributed by atoms with Gasteiger partial charge in [0, 0.05) is 12.1 Å². The Hall–Kier alpha value is -0.700. The quantitative estimate of drug-likeness (QED) is 0.256. The molecule has 1 unspecified atom stereocenters. The van der Waals surface area contributed by atoms with Crippen molar-refractivity contribution in [3.63, 3.8) is 0 Å². The maximum Gasteiger partial charge on any atom is 0.340 e. The zero-order chi connectivity index (χ0) is 18.6. The van der Waals surface area contributed by atoms with Gasteiger partial charge in [-0.3, -0.25) is 0 Å². The maximum absolute atomic E-state index is 9.13. The van der Waals surface area contributed by atoms with Crippen molar-refractivity contribution < 1.29 is 12.3 Å². The van der Waals surface area contributed by atoms with Crippen molar-refractivity contribution in [3.8, 4) is 11.3 Å². The summed E-state index contributed by atoms with van der Waals surface area (Å²) in [4.78, 5) is 9.13. The zero-order valence-corrected chi connectivity index (χ0v) is 17.9. The highest BCUT2D eigenvalue weighted by Crippen LogP contribution is 2.35. The maximum atomic E-state index is 9.13. The van der Waals surface area contributed by atoms with Crippen LogP contribution in [0.25, 0.3) is 11.3 Å². The molecule has 26 heavy (non-hydrogen) atoms. The van der Waals surface area contributed by atoms with Crippen LogP contribution >= 0.6 is 31.6 Å². The third-order valence-electron chi connectivity index (χ3n) is 3.89. The van der Waals surface area contributed by atoms with Gasteiger partial charge in [-0.15, -0.1) is 0 Å². The summed E-state index contributed by atoms with van der Waals surface area (Å²) in [6, 6.07) is 12.4. The first kappa shape index (κ1) is 21.6. The summed E-state index contributed by atoms with van der Waals surface area (Å²) in [6.45, 7) is 4.35. The first-order valence-electron chi connectivity index (χ1n) is 8.70. The van der Waals surface area contributed by atoms with Crippen LogP contribution in [0.15, 0.2) is 36.4 Å². The van der Waals surface area contributed by atoms with Gasteiger partial charge in [-0.1, -0.05) is 37.1 Å². The number of nitrogens with zero attached hydrogens (tertiary/aromatic N) is 2. The summed E-state index contributed by atoms with van der Waals surface area (Å²) in [5.74, 6) is 0. The Morgan fingerprint density at radius 2 is 1.81 bits per heavy atom. The highest BCUT2D eigenvalue weighted by Gasteiger charge is 2.03. The second-order valence-corrected chi connectivity index (χ2v) is 8.04. The standard InChI is InChI=1S/C18H25IN3O3P/c1-15-6-11-18(22-21-15)17-9-7-16(8-10-17)14-20-12-4-2-3-5-13-24-26(23)25-19/h6-11,20,23H,2-5,12-14H2,1H3. The largest absolute Gasteiger partial charge is 0.340 e. The van der Waals surface area contributed by atoms with Crippen LogP contribution in [0, 0.1) is 6.92 Å². The van der Waals surface area contributed by atoms with E-state index in [9.17, 15) is 0 Å². The number of unbranched alkanes of at least 4 members (excludes halogenated alkanes) is 3. The molecule has 0 spiro atoms. The average Bonchev–Trinajstić information content (AvgIpc) is 2.67. The van der Waals surface area contributed by atoms with Gasteiger partial charge in [-0.2, -0.15) is 10.2 Å². The molecule has 2 rings (SSSR count). The summed E-state index contributed by atoms with van der Waals surface area (Å²) in [5, 5.41) is 11.8. The van der Waals surface area contributed by atoms with Crippen molar-refractivity contribution in [1.29, 1.82) is 0 Å². The molecule has 1 aromatic heterocycles. The minimum absolute atomic E-state index is 0.552. The van der Waals surface area contributed by atoms with E-state index in [-0.39, 0.29) is 0 Å². The topological polar surface area (TPSA) is 76.5 Å². The molecule has 1 heterocycles. The Labute approximate surface area is 170 Å². The van der Waals surface area contributed by atoms with E-state index in [0.29, 0.717) is 6.61 Å². The van der Waals surface area contributed by atoms with Gasteiger partial charge in [-0.05, 0) is 44.0 Å². The molecule has 1 aromatic carbocycles. The van der Waals surface area contributed by atoms with Crippen LogP contribution in [-0.2, 0) is 13.9 Å². The number of hydrogen-bond acceptors (Lipinski definition) is 6. The van der Waals surface area contributed by atoms with E-state index in [1.54, 1.807) is 23.0 Å². The van der Waals surface area contributed by atoms with Gasteiger partial charge in [0.1, 0.15) is 23.0 Å². The van der Waals surface area contributed by atoms with Crippen LogP contribution in [0.3, 0.4) is 0 Å². The van der Waals surface area contributed by atoms with E-state index in [4.69, 9.17) is 9.42 Å². The van der Waals surface area contributed by atoms with E-state index < -0.39 is 8.60 Å². The summed E-state index contributed by atoms with van der Waals surface area (Å²) in [5.41, 5.74) is 4.17. The second kappa shape index (κ2) is 12.6. The SMILES string of the molecule is Cc1ccc(-c2ccc(CNCCCCCCOP(O)OI)cc2)nn1. The van der Waals surface area contributed by atoms with Gasteiger partial charge in [0.05, 0.1) is 18.0 Å². The normalized spacial score (nSPS) is 12.3. The van der Waals surface area contributed by atoms with E-state index >= 15 is 0 Å². The average molecular weight is 489 g/mol. The molecule has 0 bridgehead atoms. The van der Waals surface area contributed by atoms with E-state index in [0.717, 1.165) is 55.7 Å². The molecule has 8 heteroatoms. The number of aromatic nitrogens is 2. The molecule has 6 nitrogen and oxygen atoms in total. The Morgan fingerprint density at radius 1 is 1.04 bits per heavy atom. The van der Waals surface area contributed by atoms with E-state index in [1.807, 2.05) is 19.1 Å². The number of aryl methyl sites for hydroxylation is 1. The van der Waals surface area contributed by atoms with Crippen molar-refractivity contribution in [2.45, 2.75) is 39.2 Å². The highest BCUT2D eigenvalue weighted by atomic mass is 127. The van der Waals surface area contributed by atoms with Gasteiger partial charge in [-0.25, -0.2) is 2.85 Å². The van der Waals surface area contributed by atoms with Crippen LogP contribution in [0.2, 0.25) is 0 Å². The van der Waals surface area contributed by atoms with E-state index in [2.05, 4.69) is 42.6 Å². The lowest BCUT2D eigenvalue weighted by molar-refractivity contribution is 0.267. The summed E-state index contributed by atoms with van der Waals surface area (Å²) < 4.78 is 9.73. The fraction of sp³-hybridized carbons (Fsp3) is 0.444. The second-order valence-electron chi connectivity index (χ2n) is 5.99. The van der Waals surface area contributed by atoms with Crippen molar-refractivity contribution in [2.24, 2.45) is 0 Å². The van der Waals surface area contributed by atoms with Gasteiger partial charge in [0.25, 0.3) is 0 Å². The summed E-state index contributed by atoms with van der Waals surface area (Å²) in [6.07, 6.45) is 4.32. The van der Waals surface area contributed by atoms with E-state index in [1.165, 1.54) is 5.56 Å². The molecule has 2 aromatic rings. The van der Waals surface area contributed by atoms with Gasteiger partial charge in [0.15, 0.2) is 0 Å². The number of hydrogen-bond donors (Lipinski definition) is 2. The lowest BCUT2D eigenvalue weighted by Crippen LogP contribution is -2.14. The molecule has 0 radical (unpaired) electrons. The molecular formula is C18H25IN3O3P. The predicted octanol–water partition coefficient (Wildman–Crippen LogP) is 4.70. The number of benzene rings is 1. The molecule has 0 aliphatic carbocycles. The van der Waals surface area contributed by atoms with Crippen LogP contribution in [0.1, 0.15) is 36.9 Å². The smallest absolute Gasteiger partial charge is 0.328 e. The zero-order valence-electron chi connectivity index (χ0n) is 14.9. The molecule has 0 fully saturated rings. The summed E-state index contributed by atoms with van der Waals surface area (Å²) >= 11 is 1.65. The first-order chi connectivity index (χ1) is 12.7. The van der Waals surface area contributed by atoms with Gasteiger partial charge >= 0.3 is 8.60 Å². The molecule has 0 saturated heterocycles. The monoisotopic (exact) mass is 489 g/mol.